The summed E-state index contributed by atoms with van der Waals surface area (Å²) in [5, 5.41) is 3.52. The van der Waals surface area contributed by atoms with Crippen molar-refractivity contribution >= 4 is 34.0 Å². The molecule has 1 aliphatic rings. The number of amides is 1. The maximum atomic E-state index is 12.9. The first-order valence-electron chi connectivity index (χ1n) is 10.9. The largest absolute Gasteiger partial charge is 0.466 e. The van der Waals surface area contributed by atoms with Crippen molar-refractivity contribution in [3.8, 4) is 0 Å². The zero-order valence-electron chi connectivity index (χ0n) is 18.1. The van der Waals surface area contributed by atoms with Gasteiger partial charge in [-0.2, -0.15) is 0 Å². The quantitative estimate of drug-likeness (QED) is 0.532. The number of piperidine rings is 1. The Morgan fingerprint density at radius 1 is 1.13 bits per heavy atom. The Hall–Kier alpha value is -2.73. The summed E-state index contributed by atoms with van der Waals surface area (Å²) in [4.78, 5) is 32.4. The number of ether oxygens (including phenoxy) is 1. The van der Waals surface area contributed by atoms with Gasteiger partial charge < -0.3 is 9.64 Å². The lowest BCUT2D eigenvalue weighted by Crippen LogP contribution is -2.41. The molecular formula is C25H28N2O3S. The van der Waals surface area contributed by atoms with Crippen molar-refractivity contribution in [1.82, 2.24) is 9.88 Å². The van der Waals surface area contributed by atoms with Crippen molar-refractivity contribution in [1.29, 1.82) is 0 Å². The zero-order chi connectivity index (χ0) is 21.8. The third kappa shape index (κ3) is 4.96. The second-order valence-corrected chi connectivity index (χ2v) is 9.18. The van der Waals surface area contributed by atoms with Gasteiger partial charge >= 0.3 is 5.97 Å². The van der Waals surface area contributed by atoms with Crippen molar-refractivity contribution in [2.24, 2.45) is 5.92 Å². The molecule has 0 radical (unpaired) electrons. The fourth-order valence-corrected chi connectivity index (χ4v) is 5.29. The highest BCUT2D eigenvalue weighted by Gasteiger charge is 2.28. The van der Waals surface area contributed by atoms with Gasteiger partial charge in [0, 0.05) is 24.4 Å². The van der Waals surface area contributed by atoms with Gasteiger partial charge in [0.15, 0.2) is 0 Å². The lowest BCUT2D eigenvalue weighted by atomic mass is 9.97. The molecule has 3 aromatic rings. The van der Waals surface area contributed by atoms with E-state index in [4.69, 9.17) is 9.72 Å². The molecule has 4 rings (SSSR count). The average molecular weight is 437 g/mol. The van der Waals surface area contributed by atoms with Gasteiger partial charge in [0.1, 0.15) is 0 Å². The molecule has 1 amide bonds. The van der Waals surface area contributed by atoms with E-state index in [0.717, 1.165) is 22.0 Å². The first kappa shape index (κ1) is 21.5. The molecule has 6 heteroatoms. The first-order chi connectivity index (χ1) is 15.0. The summed E-state index contributed by atoms with van der Waals surface area (Å²) < 4.78 is 5.12. The SMILES string of the molecule is CCOC(=O)C1CCN(C(=O)Cc2sc(Cc3cccc4ccccc34)nc2C)CC1. The second-order valence-electron chi connectivity index (χ2n) is 8.02. The first-order valence-corrected chi connectivity index (χ1v) is 11.7. The maximum absolute atomic E-state index is 12.9. The molecule has 1 aromatic heterocycles. The van der Waals surface area contributed by atoms with Gasteiger partial charge in [0.25, 0.3) is 0 Å². The molecule has 1 saturated heterocycles. The fraction of sp³-hybridized carbons (Fsp3) is 0.400. The van der Waals surface area contributed by atoms with E-state index in [9.17, 15) is 9.59 Å². The van der Waals surface area contributed by atoms with Crippen LogP contribution in [0.25, 0.3) is 10.8 Å². The van der Waals surface area contributed by atoms with Crippen LogP contribution >= 0.6 is 11.3 Å². The summed E-state index contributed by atoms with van der Waals surface area (Å²) in [6.07, 6.45) is 2.51. The normalized spacial score (nSPS) is 14.7. The molecule has 2 heterocycles. The van der Waals surface area contributed by atoms with Gasteiger partial charge in [-0.1, -0.05) is 42.5 Å². The number of likely N-dealkylation sites (tertiary alicyclic amines) is 1. The minimum Gasteiger partial charge on any atom is -0.466 e. The van der Waals surface area contributed by atoms with E-state index >= 15 is 0 Å². The molecule has 1 fully saturated rings. The smallest absolute Gasteiger partial charge is 0.309 e. The number of carbonyl (C=O) groups is 2. The third-order valence-electron chi connectivity index (χ3n) is 5.94. The van der Waals surface area contributed by atoms with Gasteiger partial charge in [0.05, 0.1) is 29.6 Å². The highest BCUT2D eigenvalue weighted by molar-refractivity contribution is 7.11. The Kier molecular flexibility index (Phi) is 6.66. The van der Waals surface area contributed by atoms with Crippen LogP contribution in [0.2, 0.25) is 0 Å². The second kappa shape index (κ2) is 9.60. The van der Waals surface area contributed by atoms with Crippen molar-refractivity contribution in [3.05, 3.63) is 63.6 Å². The van der Waals surface area contributed by atoms with E-state index in [1.807, 2.05) is 18.7 Å². The minimum absolute atomic E-state index is 0.0820. The minimum atomic E-state index is -0.133. The third-order valence-corrected chi connectivity index (χ3v) is 7.10. The van der Waals surface area contributed by atoms with Crippen LogP contribution in [0, 0.1) is 12.8 Å². The summed E-state index contributed by atoms with van der Waals surface area (Å²) in [7, 11) is 0. The predicted octanol–water partition coefficient (Wildman–Crippen LogP) is 4.54. The summed E-state index contributed by atoms with van der Waals surface area (Å²) >= 11 is 1.63. The van der Waals surface area contributed by atoms with Crippen LogP contribution in [-0.2, 0) is 27.2 Å². The summed E-state index contributed by atoms with van der Waals surface area (Å²) in [6, 6.07) is 14.8. The molecule has 31 heavy (non-hydrogen) atoms. The summed E-state index contributed by atoms with van der Waals surface area (Å²) in [5.41, 5.74) is 2.20. The molecule has 0 spiro atoms. The van der Waals surface area contributed by atoms with Crippen LogP contribution in [0.3, 0.4) is 0 Å². The Labute approximate surface area is 187 Å². The standard InChI is InChI=1S/C25H28N2O3S/c1-3-30-25(29)19-11-13-27(14-12-19)24(28)16-22-17(2)26-23(31-22)15-20-9-6-8-18-7-4-5-10-21(18)20/h4-10,19H,3,11-16H2,1-2H3. The monoisotopic (exact) mass is 436 g/mol. The van der Waals surface area contributed by atoms with Gasteiger partial charge in [-0.25, -0.2) is 4.98 Å². The molecule has 162 valence electrons. The van der Waals surface area contributed by atoms with Crippen molar-refractivity contribution in [2.75, 3.05) is 19.7 Å². The van der Waals surface area contributed by atoms with Gasteiger partial charge in [0.2, 0.25) is 5.91 Å². The Morgan fingerprint density at radius 2 is 1.87 bits per heavy atom. The Morgan fingerprint density at radius 3 is 2.65 bits per heavy atom. The summed E-state index contributed by atoms with van der Waals surface area (Å²) in [6.45, 7) is 5.44. The number of aromatic nitrogens is 1. The fourth-order valence-electron chi connectivity index (χ4n) is 4.21. The molecule has 1 aliphatic heterocycles. The lowest BCUT2D eigenvalue weighted by molar-refractivity contribution is -0.151. The summed E-state index contributed by atoms with van der Waals surface area (Å²) in [5.74, 6) is -0.0989. The van der Waals surface area contributed by atoms with Crippen molar-refractivity contribution in [2.45, 2.75) is 39.5 Å². The average Bonchev–Trinajstić information content (AvgIpc) is 3.12. The van der Waals surface area contributed by atoms with Gasteiger partial charge in [-0.3, -0.25) is 9.59 Å². The molecule has 0 N–H and O–H groups in total. The number of esters is 1. The van der Waals surface area contributed by atoms with E-state index in [2.05, 4.69) is 42.5 Å². The highest BCUT2D eigenvalue weighted by Crippen LogP contribution is 2.26. The van der Waals surface area contributed by atoms with Crippen LogP contribution < -0.4 is 0 Å². The molecular weight excluding hydrogens is 408 g/mol. The van der Waals surface area contributed by atoms with Gasteiger partial charge in [-0.15, -0.1) is 11.3 Å². The molecule has 0 aliphatic carbocycles. The Balaban J connectivity index is 1.39. The number of hydrogen-bond acceptors (Lipinski definition) is 5. The highest BCUT2D eigenvalue weighted by atomic mass is 32.1. The number of fused-ring (bicyclic) bond motifs is 1. The zero-order valence-corrected chi connectivity index (χ0v) is 18.9. The van der Waals surface area contributed by atoms with Crippen LogP contribution in [0.5, 0.6) is 0 Å². The van der Waals surface area contributed by atoms with E-state index in [1.165, 1.54) is 16.3 Å². The van der Waals surface area contributed by atoms with Gasteiger partial charge in [-0.05, 0) is 43.0 Å². The molecule has 0 bridgehead atoms. The van der Waals surface area contributed by atoms with Crippen LogP contribution in [0.4, 0.5) is 0 Å². The van der Waals surface area contributed by atoms with E-state index in [-0.39, 0.29) is 17.8 Å². The molecule has 0 atom stereocenters. The number of aryl methyl sites for hydroxylation is 1. The molecule has 0 saturated carbocycles. The number of carbonyl (C=O) groups excluding carboxylic acids is 2. The van der Waals surface area contributed by atoms with Crippen LogP contribution in [0.1, 0.15) is 40.9 Å². The number of thiazole rings is 1. The molecule has 0 unspecified atom stereocenters. The number of nitrogens with zero attached hydrogens (tertiary/aromatic N) is 2. The maximum Gasteiger partial charge on any atom is 0.309 e. The van der Waals surface area contributed by atoms with E-state index in [0.29, 0.717) is 39.0 Å². The van der Waals surface area contributed by atoms with Crippen molar-refractivity contribution < 1.29 is 14.3 Å². The predicted molar refractivity (Wildman–Crippen MR) is 123 cm³/mol. The molecule has 2 aromatic carbocycles. The number of hydrogen-bond donors (Lipinski definition) is 0. The number of rotatable bonds is 6. The lowest BCUT2D eigenvalue weighted by Gasteiger charge is -2.30. The Bertz CT molecular complexity index is 1080. The van der Waals surface area contributed by atoms with E-state index in [1.54, 1.807) is 11.3 Å². The van der Waals surface area contributed by atoms with E-state index < -0.39 is 0 Å². The number of benzene rings is 2. The van der Waals surface area contributed by atoms with Crippen LogP contribution in [-0.4, -0.2) is 41.5 Å². The molecule has 5 nitrogen and oxygen atoms in total. The van der Waals surface area contributed by atoms with Crippen LogP contribution in [0.15, 0.2) is 42.5 Å². The topological polar surface area (TPSA) is 59.5 Å². The van der Waals surface area contributed by atoms with Crippen molar-refractivity contribution in [3.63, 3.8) is 0 Å².